The zero-order chi connectivity index (χ0) is 13.9. The molecule has 0 aliphatic heterocycles. The quantitative estimate of drug-likeness (QED) is 0.803. The average molecular weight is 284 g/mol. The molecule has 5 nitrogen and oxygen atoms in total. The summed E-state index contributed by atoms with van der Waals surface area (Å²) in [5, 5.41) is 16.8. The van der Waals surface area contributed by atoms with Gasteiger partial charge in [-0.2, -0.15) is 10.4 Å². The number of hydrogen-bond donors (Lipinski definition) is 1. The number of nitrogens with zero attached hydrogens (tertiary/aromatic N) is 4. The minimum atomic E-state index is 0.441. The summed E-state index contributed by atoms with van der Waals surface area (Å²) < 4.78 is 1.78. The highest BCUT2D eigenvalue weighted by Crippen LogP contribution is 2.20. The van der Waals surface area contributed by atoms with Gasteiger partial charge in [0, 0.05) is 18.0 Å². The van der Waals surface area contributed by atoms with Gasteiger partial charge in [-0.1, -0.05) is 11.6 Å². The number of nitrogens with one attached hydrogen (secondary N) is 1. The van der Waals surface area contributed by atoms with Crippen molar-refractivity contribution in [1.82, 2.24) is 14.6 Å². The van der Waals surface area contributed by atoms with Gasteiger partial charge >= 0.3 is 0 Å². The molecular formula is C14H10ClN5. The van der Waals surface area contributed by atoms with E-state index in [4.69, 9.17) is 16.9 Å². The van der Waals surface area contributed by atoms with E-state index in [9.17, 15) is 0 Å². The van der Waals surface area contributed by atoms with E-state index in [-0.39, 0.29) is 0 Å². The Morgan fingerprint density at radius 1 is 1.25 bits per heavy atom. The van der Waals surface area contributed by atoms with Crippen molar-refractivity contribution in [2.24, 2.45) is 0 Å². The molecule has 20 heavy (non-hydrogen) atoms. The maximum atomic E-state index is 8.84. The minimum absolute atomic E-state index is 0.441. The van der Waals surface area contributed by atoms with E-state index in [1.54, 1.807) is 29.0 Å². The molecule has 0 aliphatic rings. The molecule has 0 unspecified atom stereocenters. The Hall–Kier alpha value is -2.58. The van der Waals surface area contributed by atoms with Crippen LogP contribution in [-0.4, -0.2) is 14.6 Å². The average Bonchev–Trinajstić information content (AvgIpc) is 2.94. The van der Waals surface area contributed by atoms with Crippen LogP contribution < -0.4 is 5.32 Å². The number of rotatable bonds is 3. The van der Waals surface area contributed by atoms with Gasteiger partial charge in [0.1, 0.15) is 6.07 Å². The first kappa shape index (κ1) is 12.5. The van der Waals surface area contributed by atoms with Crippen LogP contribution in [0.5, 0.6) is 0 Å². The molecule has 0 atom stereocenters. The smallest absolute Gasteiger partial charge is 0.155 e. The Labute approximate surface area is 120 Å². The van der Waals surface area contributed by atoms with Gasteiger partial charge in [0.15, 0.2) is 5.65 Å². The van der Waals surface area contributed by atoms with Crippen LogP contribution in [-0.2, 0) is 6.54 Å². The van der Waals surface area contributed by atoms with Crippen LogP contribution in [0, 0.1) is 11.3 Å². The number of aromatic nitrogens is 3. The molecule has 0 bridgehead atoms. The Balaban J connectivity index is 1.81. The molecule has 0 radical (unpaired) electrons. The number of benzene rings is 1. The van der Waals surface area contributed by atoms with Gasteiger partial charge < -0.3 is 5.32 Å². The van der Waals surface area contributed by atoms with Crippen LogP contribution in [0.25, 0.3) is 5.65 Å². The summed E-state index contributed by atoms with van der Waals surface area (Å²) in [6, 6.07) is 11.0. The third-order valence-corrected chi connectivity index (χ3v) is 3.24. The standard InChI is InChI=1S/C14H10ClN5/c15-13-7-11(2-1-10(13)8-16)18-9-12-3-5-17-14-4-6-19-20(12)14/h1-7,18H,9H2. The van der Waals surface area contributed by atoms with E-state index in [2.05, 4.69) is 15.4 Å². The second-order valence-electron chi connectivity index (χ2n) is 4.20. The van der Waals surface area contributed by atoms with Gasteiger partial charge in [-0.3, -0.25) is 0 Å². The zero-order valence-corrected chi connectivity index (χ0v) is 11.2. The molecule has 1 N–H and O–H groups in total. The summed E-state index contributed by atoms with van der Waals surface area (Å²) in [5.41, 5.74) is 3.12. The van der Waals surface area contributed by atoms with Crippen molar-refractivity contribution >= 4 is 22.9 Å². The lowest BCUT2D eigenvalue weighted by atomic mass is 10.2. The van der Waals surface area contributed by atoms with Crippen molar-refractivity contribution in [2.45, 2.75) is 6.54 Å². The SMILES string of the molecule is N#Cc1ccc(NCc2ccnc3ccnn23)cc1Cl. The van der Waals surface area contributed by atoms with Crippen LogP contribution in [0.4, 0.5) is 5.69 Å². The normalized spacial score (nSPS) is 10.4. The molecule has 0 aliphatic carbocycles. The van der Waals surface area contributed by atoms with Crippen LogP contribution in [0.3, 0.4) is 0 Å². The number of halogens is 1. The van der Waals surface area contributed by atoms with Crippen molar-refractivity contribution in [2.75, 3.05) is 5.32 Å². The van der Waals surface area contributed by atoms with Gasteiger partial charge in [-0.25, -0.2) is 9.50 Å². The molecule has 2 heterocycles. The molecule has 3 aromatic rings. The Morgan fingerprint density at radius 3 is 2.95 bits per heavy atom. The summed E-state index contributed by atoms with van der Waals surface area (Å²) >= 11 is 6.00. The minimum Gasteiger partial charge on any atom is -0.379 e. The fourth-order valence-corrected chi connectivity index (χ4v) is 2.15. The summed E-state index contributed by atoms with van der Waals surface area (Å²) in [6.45, 7) is 0.586. The maximum Gasteiger partial charge on any atom is 0.155 e. The first-order valence-electron chi connectivity index (χ1n) is 5.99. The topological polar surface area (TPSA) is 66.0 Å². The van der Waals surface area contributed by atoms with Crippen molar-refractivity contribution < 1.29 is 0 Å². The van der Waals surface area contributed by atoms with Crippen molar-refractivity contribution in [1.29, 1.82) is 5.26 Å². The molecule has 0 fully saturated rings. The molecule has 98 valence electrons. The third kappa shape index (κ3) is 2.29. The van der Waals surface area contributed by atoms with Gasteiger partial charge in [-0.05, 0) is 24.3 Å². The van der Waals surface area contributed by atoms with E-state index in [1.165, 1.54) is 0 Å². The number of hydrogen-bond acceptors (Lipinski definition) is 4. The Kier molecular flexibility index (Phi) is 3.23. The number of nitriles is 1. The van der Waals surface area contributed by atoms with Crippen molar-refractivity contribution in [3.05, 3.63) is 59.0 Å². The summed E-state index contributed by atoms with van der Waals surface area (Å²) in [4.78, 5) is 4.21. The fourth-order valence-electron chi connectivity index (χ4n) is 1.93. The predicted octanol–water partition coefficient (Wildman–Crippen LogP) is 2.87. The van der Waals surface area contributed by atoms with Crippen LogP contribution in [0.15, 0.2) is 42.7 Å². The van der Waals surface area contributed by atoms with E-state index >= 15 is 0 Å². The monoisotopic (exact) mass is 283 g/mol. The van der Waals surface area contributed by atoms with Crippen LogP contribution >= 0.6 is 11.6 Å². The molecule has 1 aromatic carbocycles. The first-order valence-corrected chi connectivity index (χ1v) is 6.37. The van der Waals surface area contributed by atoms with Gasteiger partial charge in [-0.15, -0.1) is 0 Å². The molecule has 0 spiro atoms. The van der Waals surface area contributed by atoms with Crippen LogP contribution in [0.2, 0.25) is 5.02 Å². The second-order valence-corrected chi connectivity index (χ2v) is 4.60. The number of anilines is 1. The maximum absolute atomic E-state index is 8.84. The van der Waals surface area contributed by atoms with E-state index in [1.807, 2.05) is 24.3 Å². The van der Waals surface area contributed by atoms with Gasteiger partial charge in [0.05, 0.1) is 29.0 Å². The molecule has 0 saturated heterocycles. The highest BCUT2D eigenvalue weighted by Gasteiger charge is 2.04. The lowest BCUT2D eigenvalue weighted by Crippen LogP contribution is -2.06. The van der Waals surface area contributed by atoms with Crippen LogP contribution in [0.1, 0.15) is 11.3 Å². The highest BCUT2D eigenvalue weighted by molar-refractivity contribution is 6.32. The highest BCUT2D eigenvalue weighted by atomic mass is 35.5. The van der Waals surface area contributed by atoms with Crippen molar-refractivity contribution in [3.63, 3.8) is 0 Å². The zero-order valence-electron chi connectivity index (χ0n) is 10.4. The van der Waals surface area contributed by atoms with Gasteiger partial charge in [0.25, 0.3) is 0 Å². The predicted molar refractivity (Wildman–Crippen MR) is 76.5 cm³/mol. The second kappa shape index (κ2) is 5.19. The largest absolute Gasteiger partial charge is 0.379 e. The summed E-state index contributed by atoms with van der Waals surface area (Å²) in [7, 11) is 0. The molecule has 6 heteroatoms. The molecule has 0 saturated carbocycles. The van der Waals surface area contributed by atoms with Gasteiger partial charge in [0.2, 0.25) is 0 Å². The van der Waals surface area contributed by atoms with E-state index in [0.717, 1.165) is 17.0 Å². The molecule has 3 rings (SSSR count). The fraction of sp³-hybridized carbons (Fsp3) is 0.0714. The Bertz CT molecular complexity index is 803. The van der Waals surface area contributed by atoms with E-state index in [0.29, 0.717) is 17.1 Å². The summed E-state index contributed by atoms with van der Waals surface area (Å²) in [6.07, 6.45) is 3.46. The van der Waals surface area contributed by atoms with E-state index < -0.39 is 0 Å². The molecular weight excluding hydrogens is 274 g/mol. The molecule has 2 aromatic heterocycles. The summed E-state index contributed by atoms with van der Waals surface area (Å²) in [5.74, 6) is 0. The number of fused-ring (bicyclic) bond motifs is 1. The lowest BCUT2D eigenvalue weighted by Gasteiger charge is -2.08. The first-order chi connectivity index (χ1) is 9.78. The van der Waals surface area contributed by atoms with Crippen molar-refractivity contribution in [3.8, 4) is 6.07 Å². The molecule has 0 amide bonds. The Morgan fingerprint density at radius 2 is 2.15 bits per heavy atom. The lowest BCUT2D eigenvalue weighted by molar-refractivity contribution is 0.854. The third-order valence-electron chi connectivity index (χ3n) is 2.93.